The first-order valence-corrected chi connectivity index (χ1v) is 17.6. The van der Waals surface area contributed by atoms with Crippen molar-refractivity contribution in [3.05, 3.63) is 125 Å². The van der Waals surface area contributed by atoms with Gasteiger partial charge in [0.1, 0.15) is 0 Å². The van der Waals surface area contributed by atoms with Gasteiger partial charge in [0.25, 0.3) is 5.91 Å². The van der Waals surface area contributed by atoms with Gasteiger partial charge in [0.15, 0.2) is 0 Å². The summed E-state index contributed by atoms with van der Waals surface area (Å²) in [6, 6.07) is 26.0. The minimum absolute atomic E-state index is 0.0388. The van der Waals surface area contributed by atoms with Crippen molar-refractivity contribution in [2.24, 2.45) is 0 Å². The van der Waals surface area contributed by atoms with Gasteiger partial charge in [-0.3, -0.25) is 9.59 Å². The lowest BCUT2D eigenvalue weighted by Crippen LogP contribution is -2.49. The number of aliphatic hydroxyl groups excluding tert-OH is 1. The predicted molar refractivity (Wildman–Crippen MR) is 182 cm³/mol. The second-order valence-electron chi connectivity index (χ2n) is 11.9. The lowest BCUT2D eigenvalue weighted by molar-refractivity contribution is -0.137. The molecule has 0 bridgehead atoms. The number of amides is 2. The quantitative estimate of drug-likeness (QED) is 0.172. The van der Waals surface area contributed by atoms with Crippen molar-refractivity contribution < 1.29 is 36.3 Å². The van der Waals surface area contributed by atoms with Crippen LogP contribution in [0.4, 0.5) is 30.2 Å². The normalized spacial score (nSPS) is 14.8. The number of carbonyl (C=O) groups is 2. The van der Waals surface area contributed by atoms with E-state index in [1.54, 1.807) is 42.5 Å². The van der Waals surface area contributed by atoms with E-state index in [-0.39, 0.29) is 55.3 Å². The number of anilines is 3. The van der Waals surface area contributed by atoms with E-state index in [9.17, 15) is 36.3 Å². The molecule has 1 saturated heterocycles. The van der Waals surface area contributed by atoms with Gasteiger partial charge in [-0.15, -0.1) is 0 Å². The average Bonchev–Trinajstić information content (AvgIpc) is 3.49. The lowest BCUT2D eigenvalue weighted by atomic mass is 9.99. The maximum Gasteiger partial charge on any atom is 0.416 e. The van der Waals surface area contributed by atoms with E-state index in [0.717, 1.165) is 28.3 Å². The molecule has 1 fully saturated rings. The van der Waals surface area contributed by atoms with Crippen molar-refractivity contribution in [1.82, 2.24) is 10.6 Å². The van der Waals surface area contributed by atoms with Gasteiger partial charge >= 0.3 is 6.18 Å². The Bertz CT molecular complexity index is 1870. The topological polar surface area (TPSA) is 119 Å². The summed E-state index contributed by atoms with van der Waals surface area (Å²) in [7, 11) is -3.95. The van der Waals surface area contributed by atoms with Crippen molar-refractivity contribution in [3.63, 3.8) is 0 Å². The summed E-state index contributed by atoms with van der Waals surface area (Å²) < 4.78 is 67.2. The predicted octanol–water partition coefficient (Wildman–Crippen LogP) is 5.42. The average molecular weight is 695 g/mol. The SMILES string of the molecule is CS(=O)(=O)N(c1ccccc1)c1cccc(C(=O)N[C@@H](Cc2ccccc2)[C@H](O)CNCc2cccc(C(F)(F)F)c2)c1N1CCCC1=O. The molecule has 3 N–H and O–H groups in total. The largest absolute Gasteiger partial charge is 0.416 e. The Labute approximate surface area is 283 Å². The first-order chi connectivity index (χ1) is 23.3. The Kier molecular flexibility index (Phi) is 11.1. The lowest BCUT2D eigenvalue weighted by Gasteiger charge is -2.30. The maximum absolute atomic E-state index is 14.2. The number of alkyl halides is 3. The zero-order valence-electron chi connectivity index (χ0n) is 26.7. The van der Waals surface area contributed by atoms with Crippen LogP contribution < -0.4 is 19.8 Å². The number of nitrogens with zero attached hydrogens (tertiary/aromatic N) is 2. The highest BCUT2D eigenvalue weighted by molar-refractivity contribution is 7.92. The van der Waals surface area contributed by atoms with Crippen molar-refractivity contribution in [3.8, 4) is 0 Å². The van der Waals surface area contributed by atoms with Gasteiger partial charge < -0.3 is 20.6 Å². The molecule has 1 heterocycles. The Morgan fingerprint density at radius 3 is 2.22 bits per heavy atom. The summed E-state index contributed by atoms with van der Waals surface area (Å²) in [6.07, 6.45) is -3.68. The highest BCUT2D eigenvalue weighted by atomic mass is 32.2. The van der Waals surface area contributed by atoms with E-state index in [1.807, 2.05) is 30.3 Å². The summed E-state index contributed by atoms with van der Waals surface area (Å²) in [5.41, 5.74) is 1.01. The molecular weight excluding hydrogens is 657 g/mol. The molecule has 4 aromatic carbocycles. The molecule has 2 amide bonds. The van der Waals surface area contributed by atoms with E-state index in [1.165, 1.54) is 23.1 Å². The van der Waals surface area contributed by atoms with Crippen molar-refractivity contribution in [1.29, 1.82) is 0 Å². The van der Waals surface area contributed by atoms with Crippen molar-refractivity contribution >= 4 is 38.9 Å². The summed E-state index contributed by atoms with van der Waals surface area (Å²) in [5.74, 6) is -0.904. The second kappa shape index (κ2) is 15.2. The van der Waals surface area contributed by atoms with E-state index < -0.39 is 39.8 Å². The fourth-order valence-electron chi connectivity index (χ4n) is 5.88. The Morgan fingerprint density at radius 2 is 1.59 bits per heavy atom. The van der Waals surface area contributed by atoms with E-state index in [4.69, 9.17) is 0 Å². The fourth-order valence-corrected chi connectivity index (χ4v) is 6.89. The summed E-state index contributed by atoms with van der Waals surface area (Å²) >= 11 is 0. The molecule has 258 valence electrons. The van der Waals surface area contributed by atoms with Gasteiger partial charge in [0.05, 0.1) is 46.6 Å². The van der Waals surface area contributed by atoms with Crippen molar-refractivity contribution in [2.45, 2.75) is 44.1 Å². The van der Waals surface area contributed by atoms with Crippen molar-refractivity contribution in [2.75, 3.05) is 28.6 Å². The minimum atomic E-state index is -4.49. The molecule has 0 unspecified atom stereocenters. The minimum Gasteiger partial charge on any atom is -0.390 e. The summed E-state index contributed by atoms with van der Waals surface area (Å²) in [5, 5.41) is 17.2. The van der Waals surface area contributed by atoms with Gasteiger partial charge in [0.2, 0.25) is 15.9 Å². The van der Waals surface area contributed by atoms with Crippen LogP contribution in [0.5, 0.6) is 0 Å². The summed E-state index contributed by atoms with van der Waals surface area (Å²) in [4.78, 5) is 28.7. The number of sulfonamides is 1. The van der Waals surface area contributed by atoms with Crippen LogP contribution in [0.25, 0.3) is 0 Å². The number of aliphatic hydroxyl groups is 1. The number of hydrogen-bond acceptors (Lipinski definition) is 6. The Morgan fingerprint density at radius 1 is 0.939 bits per heavy atom. The number of halogens is 3. The number of rotatable bonds is 13. The standard InChI is InChI=1S/C36H37F3N4O5S/c1-49(47,48)43(28-15-6-3-7-16-28)31-18-9-17-29(34(31)42-20-10-19-33(42)45)35(46)41-30(22-25-11-4-2-5-12-25)32(44)24-40-23-26-13-8-14-27(21-26)36(37,38)39/h2-9,11-18,21,30,32,40,44H,10,19-20,22-24H2,1H3,(H,41,46)/t30-,32+/m0/s1. The van der Waals surface area contributed by atoms with Crippen LogP contribution >= 0.6 is 0 Å². The third-order valence-corrected chi connectivity index (χ3v) is 9.23. The smallest absolute Gasteiger partial charge is 0.390 e. The molecule has 1 aliphatic rings. The zero-order chi connectivity index (χ0) is 35.2. The van der Waals surface area contributed by atoms with E-state index in [2.05, 4.69) is 10.6 Å². The number of nitrogens with one attached hydrogen (secondary N) is 2. The van der Waals surface area contributed by atoms with Gasteiger partial charge in [0, 0.05) is 26.1 Å². The van der Waals surface area contributed by atoms with Gasteiger partial charge in [-0.05, 0) is 54.3 Å². The van der Waals surface area contributed by atoms with E-state index in [0.29, 0.717) is 17.7 Å². The molecule has 2 atom stereocenters. The molecule has 0 spiro atoms. The molecule has 49 heavy (non-hydrogen) atoms. The number of benzene rings is 4. The molecule has 4 aromatic rings. The monoisotopic (exact) mass is 694 g/mol. The molecular formula is C36H37F3N4O5S. The molecule has 0 radical (unpaired) electrons. The first-order valence-electron chi connectivity index (χ1n) is 15.7. The molecule has 5 rings (SSSR count). The molecule has 0 saturated carbocycles. The van der Waals surface area contributed by atoms with Gasteiger partial charge in [-0.2, -0.15) is 13.2 Å². The molecule has 9 nitrogen and oxygen atoms in total. The van der Waals surface area contributed by atoms with Crippen LogP contribution in [0.15, 0.2) is 103 Å². The van der Waals surface area contributed by atoms with Crippen LogP contribution in [-0.2, 0) is 34.0 Å². The van der Waals surface area contributed by atoms with E-state index >= 15 is 0 Å². The van der Waals surface area contributed by atoms with Crippen LogP contribution in [0.3, 0.4) is 0 Å². The maximum atomic E-state index is 14.2. The highest BCUT2D eigenvalue weighted by Gasteiger charge is 2.34. The molecule has 0 aliphatic carbocycles. The Hall–Kier alpha value is -4.72. The van der Waals surface area contributed by atoms with Crippen LogP contribution in [0.1, 0.15) is 39.9 Å². The molecule has 13 heteroatoms. The van der Waals surface area contributed by atoms with Gasteiger partial charge in [-0.25, -0.2) is 12.7 Å². The number of carbonyl (C=O) groups excluding carboxylic acids is 2. The summed E-state index contributed by atoms with van der Waals surface area (Å²) in [6.45, 7) is 0.247. The fraction of sp³-hybridized carbons (Fsp3) is 0.278. The number of hydrogen-bond donors (Lipinski definition) is 3. The highest BCUT2D eigenvalue weighted by Crippen LogP contribution is 2.40. The van der Waals surface area contributed by atoms with Crippen LogP contribution in [-0.4, -0.2) is 56.8 Å². The third-order valence-electron chi connectivity index (χ3n) is 8.16. The zero-order valence-corrected chi connectivity index (χ0v) is 27.5. The van der Waals surface area contributed by atoms with Crippen LogP contribution in [0, 0.1) is 0 Å². The first kappa shape index (κ1) is 35.6. The Balaban J connectivity index is 1.46. The second-order valence-corrected chi connectivity index (χ2v) is 13.7. The van der Waals surface area contributed by atoms with Gasteiger partial charge in [-0.1, -0.05) is 72.8 Å². The molecule has 0 aromatic heterocycles. The third kappa shape index (κ3) is 8.85. The number of para-hydroxylation sites is 2. The molecule has 1 aliphatic heterocycles. The van der Waals surface area contributed by atoms with Crippen LogP contribution in [0.2, 0.25) is 0 Å².